The number of carbonyl (C=O) groups excluding carboxylic acids is 1. The highest BCUT2D eigenvalue weighted by Crippen LogP contribution is 2.27. The van der Waals surface area contributed by atoms with Gasteiger partial charge >= 0.3 is 0 Å². The normalized spacial score (nSPS) is 17.6. The molecule has 1 aliphatic carbocycles. The number of hydrogen-bond donors (Lipinski definition) is 1. The summed E-state index contributed by atoms with van der Waals surface area (Å²) >= 11 is 0. The Hall–Kier alpha value is -1.29. The van der Waals surface area contributed by atoms with E-state index in [1.165, 1.54) is 25.7 Å². The third kappa shape index (κ3) is 4.10. The third-order valence-electron chi connectivity index (χ3n) is 3.72. The smallest absolute Gasteiger partial charge is 0.220 e. The summed E-state index contributed by atoms with van der Waals surface area (Å²) < 4.78 is 10.7. The van der Waals surface area contributed by atoms with Crippen molar-refractivity contribution in [3.8, 4) is 0 Å². The van der Waals surface area contributed by atoms with E-state index in [4.69, 9.17) is 9.15 Å². The van der Waals surface area contributed by atoms with E-state index >= 15 is 0 Å². The number of carbonyl (C=O) groups is 1. The van der Waals surface area contributed by atoms with Gasteiger partial charge < -0.3 is 14.5 Å². The van der Waals surface area contributed by atoms with Gasteiger partial charge in [-0.1, -0.05) is 12.8 Å². The highest BCUT2D eigenvalue weighted by Gasteiger charge is 2.22. The Bertz CT molecular complexity index is 407. The van der Waals surface area contributed by atoms with Gasteiger partial charge in [-0.05, 0) is 37.8 Å². The molecule has 1 heterocycles. The van der Waals surface area contributed by atoms with Gasteiger partial charge in [-0.3, -0.25) is 4.79 Å². The monoisotopic (exact) mass is 265 g/mol. The summed E-state index contributed by atoms with van der Waals surface area (Å²) in [7, 11) is 1.63. The van der Waals surface area contributed by atoms with Gasteiger partial charge in [0.15, 0.2) is 0 Å². The van der Waals surface area contributed by atoms with E-state index in [1.807, 2.05) is 19.1 Å². The van der Waals surface area contributed by atoms with Gasteiger partial charge in [0, 0.05) is 13.5 Å². The fourth-order valence-corrected chi connectivity index (χ4v) is 2.73. The van der Waals surface area contributed by atoms with Crippen LogP contribution in [0, 0.1) is 12.8 Å². The van der Waals surface area contributed by atoms with Crippen molar-refractivity contribution in [2.24, 2.45) is 5.92 Å². The molecule has 4 heteroatoms. The van der Waals surface area contributed by atoms with E-state index in [1.54, 1.807) is 7.11 Å². The minimum absolute atomic E-state index is 0.100. The lowest BCUT2D eigenvalue weighted by atomic mass is 10.0. The molecule has 0 spiro atoms. The molecule has 1 amide bonds. The Morgan fingerprint density at radius 3 is 2.79 bits per heavy atom. The van der Waals surface area contributed by atoms with Crippen LogP contribution in [0.1, 0.15) is 49.7 Å². The Kier molecular flexibility index (Phi) is 5.02. The van der Waals surface area contributed by atoms with Gasteiger partial charge in [-0.15, -0.1) is 0 Å². The van der Waals surface area contributed by atoms with E-state index in [-0.39, 0.29) is 11.9 Å². The van der Waals surface area contributed by atoms with Crippen molar-refractivity contribution in [3.63, 3.8) is 0 Å². The van der Waals surface area contributed by atoms with Crippen molar-refractivity contribution >= 4 is 5.91 Å². The summed E-state index contributed by atoms with van der Waals surface area (Å²) in [5, 5.41) is 3.02. The van der Waals surface area contributed by atoms with Crippen LogP contribution in [0.5, 0.6) is 0 Å². The molecule has 0 unspecified atom stereocenters. The molecule has 2 rings (SSSR count). The highest BCUT2D eigenvalue weighted by molar-refractivity contribution is 5.76. The zero-order valence-electron chi connectivity index (χ0n) is 11.8. The Balaban J connectivity index is 1.90. The zero-order valence-corrected chi connectivity index (χ0v) is 11.8. The van der Waals surface area contributed by atoms with Crippen LogP contribution in [0.2, 0.25) is 0 Å². The van der Waals surface area contributed by atoms with Gasteiger partial charge in [0.05, 0.1) is 6.61 Å². The van der Waals surface area contributed by atoms with Crippen LogP contribution in [-0.4, -0.2) is 19.6 Å². The van der Waals surface area contributed by atoms with Crippen molar-refractivity contribution in [2.45, 2.75) is 45.1 Å². The molecule has 106 valence electrons. The average Bonchev–Trinajstić information content (AvgIpc) is 3.00. The number of hydrogen-bond acceptors (Lipinski definition) is 3. The molecule has 4 nitrogen and oxygen atoms in total. The molecule has 1 saturated carbocycles. The molecular formula is C15H23NO3. The molecule has 0 aromatic carbocycles. The van der Waals surface area contributed by atoms with Crippen LogP contribution in [0.3, 0.4) is 0 Å². The van der Waals surface area contributed by atoms with Crippen LogP contribution in [0.15, 0.2) is 16.5 Å². The predicted molar refractivity (Wildman–Crippen MR) is 72.8 cm³/mol. The first-order chi connectivity index (χ1) is 9.19. The fraction of sp³-hybridized carbons (Fsp3) is 0.667. The van der Waals surface area contributed by atoms with Gasteiger partial charge in [-0.25, -0.2) is 0 Å². The lowest BCUT2D eigenvalue weighted by Crippen LogP contribution is -2.32. The maximum Gasteiger partial charge on any atom is 0.220 e. The molecule has 1 aromatic heterocycles. The van der Waals surface area contributed by atoms with Gasteiger partial charge in [0.2, 0.25) is 5.91 Å². The maximum absolute atomic E-state index is 12.1. The van der Waals surface area contributed by atoms with Crippen molar-refractivity contribution in [1.29, 1.82) is 0 Å². The van der Waals surface area contributed by atoms with E-state index in [0.717, 1.165) is 11.5 Å². The summed E-state index contributed by atoms with van der Waals surface area (Å²) in [6.07, 6.45) is 5.51. The minimum atomic E-state index is -0.187. The van der Waals surface area contributed by atoms with Gasteiger partial charge in [0.25, 0.3) is 0 Å². The number of amides is 1. The lowest BCUT2D eigenvalue weighted by molar-refractivity contribution is -0.123. The second kappa shape index (κ2) is 6.75. The van der Waals surface area contributed by atoms with Crippen LogP contribution in [0.4, 0.5) is 0 Å². The van der Waals surface area contributed by atoms with E-state index < -0.39 is 0 Å². The highest BCUT2D eigenvalue weighted by atomic mass is 16.5. The van der Waals surface area contributed by atoms with Crippen LogP contribution < -0.4 is 5.32 Å². The van der Waals surface area contributed by atoms with Crippen molar-refractivity contribution in [2.75, 3.05) is 13.7 Å². The second-order valence-corrected chi connectivity index (χ2v) is 5.38. The number of rotatable bonds is 6. The van der Waals surface area contributed by atoms with Crippen LogP contribution in [0.25, 0.3) is 0 Å². The SMILES string of the molecule is COC[C@@H](NC(=O)CC1CCCC1)c1ccc(C)o1. The zero-order chi connectivity index (χ0) is 13.7. The van der Waals surface area contributed by atoms with Gasteiger partial charge in [0.1, 0.15) is 17.6 Å². The molecule has 1 fully saturated rings. The van der Waals surface area contributed by atoms with E-state index in [0.29, 0.717) is 18.9 Å². The van der Waals surface area contributed by atoms with Crippen molar-refractivity contribution in [3.05, 3.63) is 23.7 Å². The van der Waals surface area contributed by atoms with Crippen LogP contribution in [-0.2, 0) is 9.53 Å². The largest absolute Gasteiger partial charge is 0.464 e. The summed E-state index contributed by atoms with van der Waals surface area (Å²) in [5.74, 6) is 2.27. The molecule has 0 aliphatic heterocycles. The lowest BCUT2D eigenvalue weighted by Gasteiger charge is -2.17. The molecule has 0 bridgehead atoms. The Morgan fingerprint density at radius 2 is 2.21 bits per heavy atom. The first kappa shape index (κ1) is 14.1. The second-order valence-electron chi connectivity index (χ2n) is 5.38. The number of aryl methyl sites for hydroxylation is 1. The number of furan rings is 1. The Morgan fingerprint density at radius 1 is 1.47 bits per heavy atom. The first-order valence-corrected chi connectivity index (χ1v) is 7.03. The average molecular weight is 265 g/mol. The predicted octanol–water partition coefficient (Wildman–Crippen LogP) is 2.97. The summed E-state index contributed by atoms with van der Waals surface area (Å²) in [5.41, 5.74) is 0. The number of nitrogens with one attached hydrogen (secondary N) is 1. The van der Waals surface area contributed by atoms with Crippen molar-refractivity contribution in [1.82, 2.24) is 5.32 Å². The number of ether oxygens (including phenoxy) is 1. The van der Waals surface area contributed by atoms with Crippen LogP contribution >= 0.6 is 0 Å². The molecule has 1 N–H and O–H groups in total. The minimum Gasteiger partial charge on any atom is -0.464 e. The maximum atomic E-state index is 12.1. The van der Waals surface area contributed by atoms with Crippen molar-refractivity contribution < 1.29 is 13.9 Å². The molecule has 1 atom stereocenters. The van der Waals surface area contributed by atoms with E-state index in [2.05, 4.69) is 5.32 Å². The fourth-order valence-electron chi connectivity index (χ4n) is 2.73. The summed E-state index contributed by atoms with van der Waals surface area (Å²) in [6.45, 7) is 2.33. The summed E-state index contributed by atoms with van der Waals surface area (Å²) in [4.78, 5) is 12.1. The molecule has 1 aromatic rings. The third-order valence-corrected chi connectivity index (χ3v) is 3.72. The number of methoxy groups -OCH3 is 1. The quantitative estimate of drug-likeness (QED) is 0.860. The molecular weight excluding hydrogens is 242 g/mol. The van der Waals surface area contributed by atoms with Gasteiger partial charge in [-0.2, -0.15) is 0 Å². The molecule has 0 radical (unpaired) electrons. The topological polar surface area (TPSA) is 51.5 Å². The molecule has 1 aliphatic rings. The standard InChI is InChI=1S/C15H23NO3/c1-11-7-8-14(19-11)13(10-18-2)16-15(17)9-12-5-3-4-6-12/h7-8,12-13H,3-6,9-10H2,1-2H3,(H,16,17)/t13-/m1/s1. The molecule has 19 heavy (non-hydrogen) atoms. The first-order valence-electron chi connectivity index (χ1n) is 7.03. The molecule has 0 saturated heterocycles. The Labute approximate surface area is 114 Å². The van der Waals surface area contributed by atoms with E-state index in [9.17, 15) is 4.79 Å². The summed E-state index contributed by atoms with van der Waals surface area (Å²) in [6, 6.07) is 3.61.